The first-order valence-corrected chi connectivity index (χ1v) is 6.13. The fourth-order valence-corrected chi connectivity index (χ4v) is 2.18. The minimum absolute atomic E-state index is 0.121. The number of hydrogen-bond acceptors (Lipinski definition) is 4. The van der Waals surface area contributed by atoms with Gasteiger partial charge in [-0.2, -0.15) is 0 Å². The van der Waals surface area contributed by atoms with Gasteiger partial charge in [0, 0.05) is 25.4 Å². The van der Waals surface area contributed by atoms with Gasteiger partial charge in [-0.3, -0.25) is 9.20 Å². The van der Waals surface area contributed by atoms with Crippen LogP contribution in [0.15, 0.2) is 29.2 Å². The van der Waals surface area contributed by atoms with Crippen LogP contribution < -0.4 is 10.5 Å². The summed E-state index contributed by atoms with van der Waals surface area (Å²) in [5, 5.41) is 0.519. The molecule has 0 amide bonds. The number of hydrogen-bond donors (Lipinski definition) is 0. The minimum atomic E-state index is -0.121. The molecular formula is C12H12ClN3O2. The Morgan fingerprint density at radius 3 is 2.83 bits per heavy atom. The molecule has 94 valence electrons. The predicted molar refractivity (Wildman–Crippen MR) is 69.5 cm³/mol. The van der Waals surface area contributed by atoms with E-state index in [2.05, 4.69) is 9.88 Å². The van der Waals surface area contributed by atoms with Crippen molar-refractivity contribution in [3.05, 3.63) is 39.8 Å². The highest BCUT2D eigenvalue weighted by Crippen LogP contribution is 2.13. The molecule has 0 spiro atoms. The number of ether oxygens (including phenoxy) is 1. The largest absolute Gasteiger partial charge is 0.378 e. The third-order valence-corrected chi connectivity index (χ3v) is 3.17. The summed E-state index contributed by atoms with van der Waals surface area (Å²) in [4.78, 5) is 18.5. The smallest absolute Gasteiger partial charge is 0.260 e. The van der Waals surface area contributed by atoms with E-state index >= 15 is 0 Å². The summed E-state index contributed by atoms with van der Waals surface area (Å²) in [5.74, 6) is 0.700. The zero-order valence-electron chi connectivity index (χ0n) is 9.67. The van der Waals surface area contributed by atoms with Crippen LogP contribution in [0.4, 0.5) is 5.82 Å². The van der Waals surface area contributed by atoms with Crippen LogP contribution in [-0.2, 0) is 4.74 Å². The Kier molecular flexibility index (Phi) is 2.93. The molecule has 3 rings (SSSR count). The van der Waals surface area contributed by atoms with E-state index in [9.17, 15) is 4.79 Å². The molecule has 18 heavy (non-hydrogen) atoms. The second-order valence-corrected chi connectivity index (χ2v) is 4.56. The van der Waals surface area contributed by atoms with Crippen molar-refractivity contribution in [1.29, 1.82) is 0 Å². The van der Waals surface area contributed by atoms with Crippen molar-refractivity contribution < 1.29 is 4.74 Å². The summed E-state index contributed by atoms with van der Waals surface area (Å²) in [6.45, 7) is 2.86. The SMILES string of the molecule is O=c1cc(N2CCOCC2)nc2ccc(Cl)cn12. The van der Waals surface area contributed by atoms with Gasteiger partial charge in [-0.1, -0.05) is 11.6 Å². The summed E-state index contributed by atoms with van der Waals surface area (Å²) >= 11 is 5.86. The molecule has 3 heterocycles. The van der Waals surface area contributed by atoms with Crippen molar-refractivity contribution in [2.24, 2.45) is 0 Å². The van der Waals surface area contributed by atoms with Crippen LogP contribution in [0.2, 0.25) is 5.02 Å². The molecule has 0 aliphatic carbocycles. The molecule has 0 N–H and O–H groups in total. The Labute approximate surface area is 109 Å². The van der Waals surface area contributed by atoms with E-state index in [0.29, 0.717) is 29.7 Å². The number of morpholine rings is 1. The molecule has 0 saturated carbocycles. The topological polar surface area (TPSA) is 46.8 Å². The highest BCUT2D eigenvalue weighted by molar-refractivity contribution is 6.30. The number of halogens is 1. The monoisotopic (exact) mass is 265 g/mol. The lowest BCUT2D eigenvalue weighted by Gasteiger charge is -2.27. The van der Waals surface area contributed by atoms with Crippen LogP contribution in [0.5, 0.6) is 0 Å². The molecule has 0 unspecified atom stereocenters. The fraction of sp³-hybridized carbons (Fsp3) is 0.333. The summed E-state index contributed by atoms with van der Waals surface area (Å²) < 4.78 is 6.74. The van der Waals surface area contributed by atoms with Crippen molar-refractivity contribution in [1.82, 2.24) is 9.38 Å². The van der Waals surface area contributed by atoms with E-state index in [4.69, 9.17) is 16.3 Å². The second kappa shape index (κ2) is 4.59. The van der Waals surface area contributed by atoms with Gasteiger partial charge in [-0.15, -0.1) is 0 Å². The van der Waals surface area contributed by atoms with Crippen molar-refractivity contribution >= 4 is 23.1 Å². The van der Waals surface area contributed by atoms with Gasteiger partial charge in [-0.25, -0.2) is 4.98 Å². The van der Waals surface area contributed by atoms with Crippen LogP contribution in [0.3, 0.4) is 0 Å². The minimum Gasteiger partial charge on any atom is -0.378 e. The van der Waals surface area contributed by atoms with E-state index in [-0.39, 0.29) is 5.56 Å². The van der Waals surface area contributed by atoms with Crippen molar-refractivity contribution in [2.45, 2.75) is 0 Å². The lowest BCUT2D eigenvalue weighted by Crippen LogP contribution is -2.37. The van der Waals surface area contributed by atoms with Crippen molar-refractivity contribution in [2.75, 3.05) is 31.2 Å². The molecule has 1 fully saturated rings. The summed E-state index contributed by atoms with van der Waals surface area (Å²) in [6, 6.07) is 5.01. The second-order valence-electron chi connectivity index (χ2n) is 4.13. The predicted octanol–water partition coefficient (Wildman–Crippen LogP) is 1.18. The highest BCUT2D eigenvalue weighted by atomic mass is 35.5. The van der Waals surface area contributed by atoms with Crippen molar-refractivity contribution in [3.8, 4) is 0 Å². The van der Waals surface area contributed by atoms with Crippen LogP contribution in [-0.4, -0.2) is 35.7 Å². The Hall–Kier alpha value is -1.59. The molecular weight excluding hydrogens is 254 g/mol. The first-order chi connectivity index (χ1) is 8.74. The van der Waals surface area contributed by atoms with Gasteiger partial charge in [0.1, 0.15) is 11.5 Å². The maximum atomic E-state index is 12.0. The molecule has 0 aromatic carbocycles. The van der Waals surface area contributed by atoms with E-state index < -0.39 is 0 Å². The summed E-state index contributed by atoms with van der Waals surface area (Å²) in [7, 11) is 0. The molecule has 6 heteroatoms. The average molecular weight is 266 g/mol. The first-order valence-electron chi connectivity index (χ1n) is 5.76. The maximum absolute atomic E-state index is 12.0. The standard InChI is InChI=1S/C12H12ClN3O2/c13-9-1-2-10-14-11(7-12(17)16(10)8-9)15-3-5-18-6-4-15/h1-2,7-8H,3-6H2. The lowest BCUT2D eigenvalue weighted by atomic mass is 10.4. The maximum Gasteiger partial charge on any atom is 0.260 e. The van der Waals surface area contributed by atoms with Gasteiger partial charge in [0.2, 0.25) is 0 Å². The number of fused-ring (bicyclic) bond motifs is 1. The number of rotatable bonds is 1. The van der Waals surface area contributed by atoms with Crippen molar-refractivity contribution in [3.63, 3.8) is 0 Å². The molecule has 2 aromatic rings. The Balaban J connectivity index is 2.09. The molecule has 0 atom stereocenters. The Bertz CT molecular complexity index is 635. The normalized spacial score (nSPS) is 16.2. The summed E-state index contributed by atoms with van der Waals surface area (Å²) in [6.07, 6.45) is 1.58. The quantitative estimate of drug-likeness (QED) is 0.777. The molecule has 5 nitrogen and oxygen atoms in total. The molecule has 1 aliphatic rings. The number of pyridine rings is 1. The van der Waals surface area contributed by atoms with Gasteiger partial charge in [0.05, 0.1) is 18.2 Å². The third-order valence-electron chi connectivity index (χ3n) is 2.95. The Morgan fingerprint density at radius 2 is 2.06 bits per heavy atom. The van der Waals surface area contributed by atoms with Crippen LogP contribution in [0.1, 0.15) is 0 Å². The lowest BCUT2D eigenvalue weighted by molar-refractivity contribution is 0.122. The van der Waals surface area contributed by atoms with E-state index in [1.807, 2.05) is 0 Å². The number of aromatic nitrogens is 2. The van der Waals surface area contributed by atoms with Crippen LogP contribution in [0, 0.1) is 0 Å². The Morgan fingerprint density at radius 1 is 1.28 bits per heavy atom. The van der Waals surface area contributed by atoms with Gasteiger partial charge >= 0.3 is 0 Å². The van der Waals surface area contributed by atoms with E-state index in [0.717, 1.165) is 13.1 Å². The zero-order valence-corrected chi connectivity index (χ0v) is 10.4. The van der Waals surface area contributed by atoms with E-state index in [1.165, 1.54) is 10.5 Å². The van der Waals surface area contributed by atoms with Gasteiger partial charge < -0.3 is 9.64 Å². The van der Waals surface area contributed by atoms with Gasteiger partial charge in [-0.05, 0) is 12.1 Å². The first kappa shape index (κ1) is 11.5. The van der Waals surface area contributed by atoms with Crippen LogP contribution in [0.25, 0.3) is 5.65 Å². The zero-order chi connectivity index (χ0) is 12.5. The fourth-order valence-electron chi connectivity index (χ4n) is 2.02. The van der Waals surface area contributed by atoms with Gasteiger partial charge in [0.15, 0.2) is 0 Å². The third kappa shape index (κ3) is 2.07. The van der Waals surface area contributed by atoms with Crippen LogP contribution >= 0.6 is 11.6 Å². The number of anilines is 1. The van der Waals surface area contributed by atoms with E-state index in [1.54, 1.807) is 18.3 Å². The molecule has 0 radical (unpaired) electrons. The molecule has 1 saturated heterocycles. The highest BCUT2D eigenvalue weighted by Gasteiger charge is 2.14. The summed E-state index contributed by atoms with van der Waals surface area (Å²) in [5.41, 5.74) is 0.484. The number of nitrogens with zero attached hydrogens (tertiary/aromatic N) is 3. The molecule has 1 aliphatic heterocycles. The van der Waals surface area contributed by atoms with Gasteiger partial charge in [0.25, 0.3) is 5.56 Å². The average Bonchev–Trinajstić information content (AvgIpc) is 2.40. The molecule has 0 bridgehead atoms. The molecule has 2 aromatic heterocycles.